The van der Waals surface area contributed by atoms with Crippen LogP contribution in [0.4, 0.5) is 0 Å². The number of fused-ring (bicyclic) bond motifs is 1. The van der Waals surface area contributed by atoms with Crippen LogP contribution in [-0.4, -0.2) is 19.7 Å². The standard InChI is InChI=1S/C20H17ClN4O3/c1-11-20(26)25(3)17-8-7-13(9-16(17)22-11)18-23-19(28-24-18)12(2)27-15-6-4-5-14(21)10-15/h4-10,12H,1-3H3/t12-/m1/s1. The van der Waals surface area contributed by atoms with E-state index in [1.807, 2.05) is 25.1 Å². The maximum atomic E-state index is 12.0. The minimum Gasteiger partial charge on any atom is -0.481 e. The van der Waals surface area contributed by atoms with Gasteiger partial charge in [-0.1, -0.05) is 22.8 Å². The quantitative estimate of drug-likeness (QED) is 0.516. The zero-order valence-corrected chi connectivity index (χ0v) is 16.3. The van der Waals surface area contributed by atoms with Gasteiger partial charge in [-0.15, -0.1) is 0 Å². The van der Waals surface area contributed by atoms with Crippen LogP contribution in [0.1, 0.15) is 24.6 Å². The summed E-state index contributed by atoms with van der Waals surface area (Å²) in [6, 6.07) is 12.6. The van der Waals surface area contributed by atoms with Crippen LogP contribution in [0.15, 0.2) is 51.8 Å². The summed E-state index contributed by atoms with van der Waals surface area (Å²) < 4.78 is 12.8. The second-order valence-electron chi connectivity index (χ2n) is 6.44. The summed E-state index contributed by atoms with van der Waals surface area (Å²) in [5, 5.41) is 4.63. The molecule has 1 atom stereocenters. The molecule has 0 bridgehead atoms. The molecule has 0 spiro atoms. The zero-order valence-electron chi connectivity index (χ0n) is 15.5. The Morgan fingerprint density at radius 3 is 2.79 bits per heavy atom. The maximum absolute atomic E-state index is 12.0. The Kier molecular flexibility index (Phi) is 4.60. The highest BCUT2D eigenvalue weighted by molar-refractivity contribution is 6.30. The van der Waals surface area contributed by atoms with E-state index in [2.05, 4.69) is 15.1 Å². The lowest BCUT2D eigenvalue weighted by molar-refractivity contribution is 0.176. The van der Waals surface area contributed by atoms with E-state index in [1.54, 1.807) is 42.8 Å². The average Bonchev–Trinajstić information content (AvgIpc) is 3.16. The van der Waals surface area contributed by atoms with Gasteiger partial charge in [-0.05, 0) is 50.2 Å². The SMILES string of the molecule is Cc1nc2cc(-c3noc([C@@H](C)Oc4cccc(Cl)c4)n3)ccc2n(C)c1=O. The van der Waals surface area contributed by atoms with E-state index < -0.39 is 6.10 Å². The number of nitrogens with zero attached hydrogens (tertiary/aromatic N) is 4. The van der Waals surface area contributed by atoms with Gasteiger partial charge >= 0.3 is 0 Å². The highest BCUT2D eigenvalue weighted by Gasteiger charge is 2.18. The fraction of sp³-hybridized carbons (Fsp3) is 0.200. The van der Waals surface area contributed by atoms with Crippen molar-refractivity contribution in [3.05, 3.63) is 69.4 Å². The third-order valence-electron chi connectivity index (χ3n) is 4.40. The molecule has 142 valence electrons. The second kappa shape index (κ2) is 7.09. The first-order valence-corrected chi connectivity index (χ1v) is 9.04. The fourth-order valence-electron chi connectivity index (χ4n) is 2.93. The van der Waals surface area contributed by atoms with Gasteiger partial charge in [0.25, 0.3) is 11.4 Å². The van der Waals surface area contributed by atoms with Crippen molar-refractivity contribution in [3.8, 4) is 17.1 Å². The minimum atomic E-state index is -0.443. The summed E-state index contributed by atoms with van der Waals surface area (Å²) in [6.45, 7) is 3.51. The normalized spacial score (nSPS) is 12.3. The van der Waals surface area contributed by atoms with Crippen LogP contribution >= 0.6 is 11.6 Å². The average molecular weight is 397 g/mol. The molecule has 2 heterocycles. The molecule has 0 aliphatic rings. The number of rotatable bonds is 4. The van der Waals surface area contributed by atoms with Crippen molar-refractivity contribution in [2.24, 2.45) is 7.05 Å². The van der Waals surface area contributed by atoms with E-state index in [0.29, 0.717) is 33.7 Å². The highest BCUT2D eigenvalue weighted by atomic mass is 35.5. The maximum Gasteiger partial charge on any atom is 0.272 e. The van der Waals surface area contributed by atoms with Crippen LogP contribution in [0.2, 0.25) is 5.02 Å². The molecule has 8 heteroatoms. The van der Waals surface area contributed by atoms with Gasteiger partial charge in [0.15, 0.2) is 6.10 Å². The number of aromatic nitrogens is 4. The number of halogens is 1. The Morgan fingerprint density at radius 1 is 1.18 bits per heavy atom. The van der Waals surface area contributed by atoms with Crippen molar-refractivity contribution in [1.29, 1.82) is 0 Å². The molecule has 2 aromatic carbocycles. The molecule has 0 radical (unpaired) electrons. The van der Waals surface area contributed by atoms with Crippen LogP contribution in [-0.2, 0) is 7.05 Å². The van der Waals surface area contributed by atoms with Gasteiger partial charge in [-0.25, -0.2) is 4.98 Å². The van der Waals surface area contributed by atoms with Gasteiger partial charge in [0, 0.05) is 17.6 Å². The molecular formula is C20H17ClN4O3. The van der Waals surface area contributed by atoms with Crippen LogP contribution in [0, 0.1) is 6.92 Å². The molecule has 4 aromatic rings. The largest absolute Gasteiger partial charge is 0.481 e. The van der Waals surface area contributed by atoms with Gasteiger partial charge in [-0.3, -0.25) is 4.79 Å². The van der Waals surface area contributed by atoms with Gasteiger partial charge in [0.2, 0.25) is 5.82 Å². The van der Waals surface area contributed by atoms with E-state index in [0.717, 1.165) is 11.1 Å². The summed E-state index contributed by atoms with van der Waals surface area (Å²) in [5.74, 6) is 1.39. The van der Waals surface area contributed by atoms with Gasteiger partial charge in [-0.2, -0.15) is 4.98 Å². The molecule has 0 saturated carbocycles. The summed E-state index contributed by atoms with van der Waals surface area (Å²) in [5.41, 5.74) is 2.48. The fourth-order valence-corrected chi connectivity index (χ4v) is 3.11. The molecule has 0 N–H and O–H groups in total. The van der Waals surface area contributed by atoms with Gasteiger partial charge in [0.05, 0.1) is 11.0 Å². The van der Waals surface area contributed by atoms with Crippen molar-refractivity contribution in [2.45, 2.75) is 20.0 Å². The van der Waals surface area contributed by atoms with E-state index in [1.165, 1.54) is 0 Å². The molecule has 0 aliphatic carbocycles. The highest BCUT2D eigenvalue weighted by Crippen LogP contribution is 2.26. The topological polar surface area (TPSA) is 83.0 Å². The van der Waals surface area contributed by atoms with Crippen molar-refractivity contribution in [2.75, 3.05) is 0 Å². The predicted molar refractivity (Wildman–Crippen MR) is 106 cm³/mol. The molecule has 28 heavy (non-hydrogen) atoms. The Labute approximate surface area is 165 Å². The van der Waals surface area contributed by atoms with E-state index >= 15 is 0 Å². The minimum absolute atomic E-state index is 0.117. The summed E-state index contributed by atoms with van der Waals surface area (Å²) in [6.07, 6.45) is -0.443. The smallest absolute Gasteiger partial charge is 0.272 e. The van der Waals surface area contributed by atoms with Crippen LogP contribution in [0.25, 0.3) is 22.4 Å². The Balaban J connectivity index is 1.63. The van der Waals surface area contributed by atoms with Gasteiger partial charge in [0.1, 0.15) is 11.4 Å². The molecular weight excluding hydrogens is 380 g/mol. The third kappa shape index (κ3) is 3.36. The lowest BCUT2D eigenvalue weighted by Gasteiger charge is -2.10. The lowest BCUT2D eigenvalue weighted by Crippen LogP contribution is -2.21. The van der Waals surface area contributed by atoms with Crippen molar-refractivity contribution >= 4 is 22.6 Å². The van der Waals surface area contributed by atoms with Crippen molar-refractivity contribution in [1.82, 2.24) is 19.7 Å². The van der Waals surface area contributed by atoms with Crippen LogP contribution < -0.4 is 10.3 Å². The molecule has 0 aliphatic heterocycles. The first kappa shape index (κ1) is 18.2. The monoisotopic (exact) mass is 396 g/mol. The Hall–Kier alpha value is -3.19. The molecule has 0 unspecified atom stereocenters. The molecule has 4 rings (SSSR count). The van der Waals surface area contributed by atoms with Crippen molar-refractivity contribution in [3.63, 3.8) is 0 Å². The zero-order chi connectivity index (χ0) is 19.8. The van der Waals surface area contributed by atoms with Crippen LogP contribution in [0.5, 0.6) is 5.75 Å². The first-order chi connectivity index (χ1) is 13.4. The Morgan fingerprint density at radius 2 is 2.00 bits per heavy atom. The van der Waals surface area contributed by atoms with Crippen molar-refractivity contribution < 1.29 is 9.26 Å². The van der Waals surface area contributed by atoms with E-state index in [4.69, 9.17) is 20.9 Å². The summed E-state index contributed by atoms with van der Waals surface area (Å²) in [4.78, 5) is 20.8. The number of hydrogen-bond acceptors (Lipinski definition) is 6. The lowest BCUT2D eigenvalue weighted by atomic mass is 10.1. The predicted octanol–water partition coefficient (Wildman–Crippen LogP) is 4.09. The molecule has 2 aromatic heterocycles. The molecule has 0 fully saturated rings. The third-order valence-corrected chi connectivity index (χ3v) is 4.63. The number of benzene rings is 2. The van der Waals surface area contributed by atoms with Gasteiger partial charge < -0.3 is 13.8 Å². The molecule has 0 saturated heterocycles. The Bertz CT molecular complexity index is 1230. The molecule has 0 amide bonds. The number of aryl methyl sites for hydroxylation is 2. The second-order valence-corrected chi connectivity index (χ2v) is 6.87. The first-order valence-electron chi connectivity index (χ1n) is 8.66. The number of hydrogen-bond donors (Lipinski definition) is 0. The van der Waals surface area contributed by atoms with E-state index in [9.17, 15) is 4.79 Å². The summed E-state index contributed by atoms with van der Waals surface area (Å²) >= 11 is 5.98. The van der Waals surface area contributed by atoms with Crippen LogP contribution in [0.3, 0.4) is 0 Å². The molecule has 7 nitrogen and oxygen atoms in total. The number of ether oxygens (including phenoxy) is 1. The van der Waals surface area contributed by atoms with E-state index in [-0.39, 0.29) is 5.56 Å². The summed E-state index contributed by atoms with van der Waals surface area (Å²) in [7, 11) is 1.72.